The van der Waals surface area contributed by atoms with E-state index in [0.717, 1.165) is 16.3 Å². The molecule has 0 spiro atoms. The minimum Gasteiger partial charge on any atom is -0.497 e. The molecule has 0 N–H and O–H groups in total. The van der Waals surface area contributed by atoms with E-state index in [9.17, 15) is 18.0 Å². The van der Waals surface area contributed by atoms with Gasteiger partial charge in [-0.3, -0.25) is 4.79 Å². The van der Waals surface area contributed by atoms with Crippen LogP contribution in [-0.2, 0) is 13.2 Å². The number of ketones is 1. The van der Waals surface area contributed by atoms with Crippen LogP contribution < -0.4 is 4.74 Å². The van der Waals surface area contributed by atoms with Gasteiger partial charge in [-0.15, -0.1) is 10.2 Å². The zero-order chi connectivity index (χ0) is 17.2. The third-order valence-electron chi connectivity index (χ3n) is 3.11. The second-order valence-electron chi connectivity index (χ2n) is 4.72. The van der Waals surface area contributed by atoms with Crippen molar-refractivity contribution in [1.82, 2.24) is 14.8 Å². The molecule has 0 radical (unpaired) electrons. The monoisotopic (exact) mass is 345 g/mol. The molecule has 1 aromatic heterocycles. The normalized spacial score (nSPS) is 13.0. The lowest BCUT2D eigenvalue weighted by Crippen LogP contribution is -2.16. The minimum absolute atomic E-state index is 0.0340. The van der Waals surface area contributed by atoms with Gasteiger partial charge in [-0.2, -0.15) is 13.2 Å². The largest absolute Gasteiger partial charge is 0.497 e. The van der Waals surface area contributed by atoms with Crippen molar-refractivity contribution in [2.45, 2.75) is 23.5 Å². The van der Waals surface area contributed by atoms with Crippen LogP contribution in [0.3, 0.4) is 0 Å². The summed E-state index contributed by atoms with van der Waals surface area (Å²) < 4.78 is 43.9. The molecule has 0 aliphatic heterocycles. The highest BCUT2D eigenvalue weighted by Crippen LogP contribution is 2.31. The van der Waals surface area contributed by atoms with E-state index in [2.05, 4.69) is 10.2 Å². The Kier molecular flexibility index (Phi) is 4.98. The van der Waals surface area contributed by atoms with E-state index in [1.807, 2.05) is 0 Å². The number of halogens is 3. The zero-order valence-electron chi connectivity index (χ0n) is 12.6. The summed E-state index contributed by atoms with van der Waals surface area (Å²) in [5, 5.41) is 6.07. The van der Waals surface area contributed by atoms with E-state index >= 15 is 0 Å². The van der Waals surface area contributed by atoms with Crippen LogP contribution in [0, 0.1) is 0 Å². The molecule has 5 nitrogen and oxygen atoms in total. The Morgan fingerprint density at radius 1 is 1.26 bits per heavy atom. The molecule has 2 rings (SSSR count). The molecule has 1 unspecified atom stereocenters. The van der Waals surface area contributed by atoms with Crippen LogP contribution in [0.2, 0.25) is 0 Å². The van der Waals surface area contributed by atoms with E-state index in [-0.39, 0.29) is 10.9 Å². The van der Waals surface area contributed by atoms with Gasteiger partial charge >= 0.3 is 6.18 Å². The van der Waals surface area contributed by atoms with Crippen LogP contribution in [0.15, 0.2) is 29.4 Å². The van der Waals surface area contributed by atoms with Gasteiger partial charge in [0.15, 0.2) is 10.9 Å². The lowest BCUT2D eigenvalue weighted by Gasteiger charge is -2.11. The van der Waals surface area contributed by atoms with Crippen molar-refractivity contribution in [3.63, 3.8) is 0 Å². The fourth-order valence-electron chi connectivity index (χ4n) is 1.87. The number of carbonyl (C=O) groups excluding carboxylic acids is 1. The predicted octanol–water partition coefficient (Wildman–Crippen LogP) is 3.21. The smallest absolute Gasteiger partial charge is 0.451 e. The number of alkyl halides is 3. The Bertz CT molecular complexity index is 698. The number of carbonyl (C=O) groups is 1. The Balaban J connectivity index is 2.13. The van der Waals surface area contributed by atoms with Crippen LogP contribution in [0.4, 0.5) is 13.2 Å². The standard InChI is InChI=1S/C14H14F3N3O2S/c1-8(11(21)9-4-6-10(22-3)7-5-9)23-13-19-18-12(20(13)2)14(15,16)17/h4-8H,1-3H3. The molecule has 0 saturated carbocycles. The van der Waals surface area contributed by atoms with E-state index in [1.54, 1.807) is 31.2 Å². The molecule has 1 heterocycles. The maximum Gasteiger partial charge on any atom is 0.451 e. The summed E-state index contributed by atoms with van der Waals surface area (Å²) in [7, 11) is 2.73. The van der Waals surface area contributed by atoms with Gasteiger partial charge in [0.05, 0.1) is 12.4 Å². The summed E-state index contributed by atoms with van der Waals surface area (Å²) in [4.78, 5) is 12.3. The van der Waals surface area contributed by atoms with Gasteiger partial charge in [-0.05, 0) is 31.2 Å². The summed E-state index contributed by atoms with van der Waals surface area (Å²) in [6.45, 7) is 1.61. The summed E-state index contributed by atoms with van der Waals surface area (Å²) in [6, 6.07) is 6.51. The molecule has 124 valence electrons. The summed E-state index contributed by atoms with van der Waals surface area (Å²) >= 11 is 0.929. The number of thioether (sulfide) groups is 1. The molecule has 1 atom stereocenters. The SMILES string of the molecule is COc1ccc(C(=O)C(C)Sc2nnc(C(F)(F)F)n2C)cc1. The third kappa shape index (κ3) is 3.84. The number of Topliss-reactive ketones (excluding diaryl/α,β-unsaturated/α-hetero) is 1. The fourth-order valence-corrected chi connectivity index (χ4v) is 2.76. The predicted molar refractivity (Wildman–Crippen MR) is 78.6 cm³/mol. The molecule has 9 heteroatoms. The van der Waals surface area contributed by atoms with Crippen LogP contribution in [0.5, 0.6) is 5.75 Å². The van der Waals surface area contributed by atoms with Crippen molar-refractivity contribution in [3.05, 3.63) is 35.7 Å². The number of methoxy groups -OCH3 is 1. The minimum atomic E-state index is -4.58. The molecular weight excluding hydrogens is 331 g/mol. The first-order chi connectivity index (χ1) is 10.7. The molecule has 0 bridgehead atoms. The number of ether oxygens (including phenoxy) is 1. The van der Waals surface area contributed by atoms with Crippen molar-refractivity contribution >= 4 is 17.5 Å². The lowest BCUT2D eigenvalue weighted by molar-refractivity contribution is -0.147. The maximum absolute atomic E-state index is 12.7. The van der Waals surface area contributed by atoms with E-state index in [0.29, 0.717) is 11.3 Å². The summed E-state index contributed by atoms with van der Waals surface area (Å²) in [6.07, 6.45) is -4.58. The van der Waals surface area contributed by atoms with E-state index in [4.69, 9.17) is 4.74 Å². The van der Waals surface area contributed by atoms with Gasteiger partial charge in [-0.25, -0.2) is 0 Å². The van der Waals surface area contributed by atoms with Crippen molar-refractivity contribution in [1.29, 1.82) is 0 Å². The number of benzene rings is 1. The molecule has 23 heavy (non-hydrogen) atoms. The molecule has 0 saturated heterocycles. The first-order valence-electron chi connectivity index (χ1n) is 6.55. The molecule has 1 aromatic carbocycles. The molecule has 0 aliphatic rings. The first kappa shape index (κ1) is 17.3. The van der Waals surface area contributed by atoms with Gasteiger partial charge in [0.1, 0.15) is 5.75 Å². The Labute approximate surface area is 134 Å². The molecular formula is C14H14F3N3O2S. The second kappa shape index (κ2) is 6.61. The van der Waals surface area contributed by atoms with Gasteiger partial charge in [0, 0.05) is 12.6 Å². The maximum atomic E-state index is 12.7. The van der Waals surface area contributed by atoms with E-state index in [1.165, 1.54) is 14.2 Å². The van der Waals surface area contributed by atoms with Crippen molar-refractivity contribution < 1.29 is 22.7 Å². The molecule has 0 aliphatic carbocycles. The van der Waals surface area contributed by atoms with Gasteiger partial charge in [0.2, 0.25) is 5.82 Å². The molecule has 0 amide bonds. The van der Waals surface area contributed by atoms with Crippen molar-refractivity contribution in [3.8, 4) is 5.75 Å². The second-order valence-corrected chi connectivity index (χ2v) is 6.02. The number of nitrogens with zero attached hydrogens (tertiary/aromatic N) is 3. The van der Waals surface area contributed by atoms with Gasteiger partial charge in [0.25, 0.3) is 0 Å². The van der Waals surface area contributed by atoms with Crippen LogP contribution >= 0.6 is 11.8 Å². The highest BCUT2D eigenvalue weighted by molar-refractivity contribution is 8.00. The average Bonchev–Trinajstić information content (AvgIpc) is 2.87. The van der Waals surface area contributed by atoms with Crippen LogP contribution in [0.25, 0.3) is 0 Å². The number of rotatable bonds is 5. The van der Waals surface area contributed by atoms with Gasteiger partial charge < -0.3 is 9.30 Å². The summed E-state index contributed by atoms with van der Waals surface area (Å²) in [5.41, 5.74) is 0.448. The van der Waals surface area contributed by atoms with Gasteiger partial charge in [-0.1, -0.05) is 11.8 Å². The fraction of sp³-hybridized carbons (Fsp3) is 0.357. The lowest BCUT2D eigenvalue weighted by atomic mass is 10.1. The highest BCUT2D eigenvalue weighted by Gasteiger charge is 2.37. The Morgan fingerprint density at radius 2 is 1.87 bits per heavy atom. The van der Waals surface area contributed by atoms with Crippen LogP contribution in [-0.4, -0.2) is 32.9 Å². The van der Waals surface area contributed by atoms with Crippen molar-refractivity contribution in [2.75, 3.05) is 7.11 Å². The summed E-state index contributed by atoms with van der Waals surface area (Å²) in [5.74, 6) is -0.691. The van der Waals surface area contributed by atoms with Crippen LogP contribution in [0.1, 0.15) is 23.1 Å². The highest BCUT2D eigenvalue weighted by atomic mass is 32.2. The zero-order valence-corrected chi connectivity index (χ0v) is 13.4. The Morgan fingerprint density at radius 3 is 2.35 bits per heavy atom. The first-order valence-corrected chi connectivity index (χ1v) is 7.43. The van der Waals surface area contributed by atoms with Crippen molar-refractivity contribution in [2.24, 2.45) is 7.05 Å². The van der Waals surface area contributed by atoms with E-state index < -0.39 is 17.3 Å². The number of hydrogen-bond donors (Lipinski definition) is 0. The quantitative estimate of drug-likeness (QED) is 0.615. The Hall–Kier alpha value is -2.03. The molecule has 0 fully saturated rings. The number of hydrogen-bond acceptors (Lipinski definition) is 5. The average molecular weight is 345 g/mol. The topological polar surface area (TPSA) is 57.0 Å². The molecule has 2 aromatic rings. The number of aromatic nitrogens is 3. The third-order valence-corrected chi connectivity index (χ3v) is 4.25.